The highest BCUT2D eigenvalue weighted by Gasteiger charge is 2.30. The van der Waals surface area contributed by atoms with Gasteiger partial charge in [-0.1, -0.05) is 23.7 Å². The van der Waals surface area contributed by atoms with E-state index < -0.39 is 21.6 Å². The van der Waals surface area contributed by atoms with Crippen molar-refractivity contribution in [2.45, 2.75) is 25.3 Å². The van der Waals surface area contributed by atoms with E-state index in [2.05, 4.69) is 9.97 Å². The summed E-state index contributed by atoms with van der Waals surface area (Å²) in [7, 11) is -3.70. The molecule has 1 N–H and O–H groups in total. The number of sulfonamides is 1. The Bertz CT molecular complexity index is 1360. The van der Waals surface area contributed by atoms with Gasteiger partial charge in [0, 0.05) is 26.2 Å². The zero-order valence-corrected chi connectivity index (χ0v) is 19.7. The SMILES string of the molecule is CCOC(=O)c1c(C)oc2nc(CN3CCN(S(=O)(=O)c4ccccc4Cl)CC3)[nH]c(=O)c12. The number of aromatic amines is 1. The minimum atomic E-state index is -3.70. The van der Waals surface area contributed by atoms with Crippen LogP contribution in [0.15, 0.2) is 38.4 Å². The van der Waals surface area contributed by atoms with Gasteiger partial charge in [0.15, 0.2) is 0 Å². The number of hydrogen-bond donors (Lipinski definition) is 1. The lowest BCUT2D eigenvalue weighted by Crippen LogP contribution is -2.48. The second kappa shape index (κ2) is 9.26. The highest BCUT2D eigenvalue weighted by molar-refractivity contribution is 7.89. The quantitative estimate of drug-likeness (QED) is 0.517. The number of rotatable bonds is 6. The third-order valence-electron chi connectivity index (χ3n) is 5.43. The molecule has 0 atom stereocenters. The second-order valence-electron chi connectivity index (χ2n) is 7.56. The Hall–Kier alpha value is -2.73. The Morgan fingerprint density at radius 2 is 1.94 bits per heavy atom. The number of H-pyrrole nitrogens is 1. The van der Waals surface area contributed by atoms with Gasteiger partial charge in [-0.25, -0.2) is 13.2 Å². The molecule has 3 heterocycles. The summed E-state index contributed by atoms with van der Waals surface area (Å²) in [5, 5.41) is 0.247. The maximum absolute atomic E-state index is 12.9. The van der Waals surface area contributed by atoms with Crippen LogP contribution in [0.5, 0.6) is 0 Å². The fourth-order valence-corrected chi connectivity index (χ4v) is 5.74. The van der Waals surface area contributed by atoms with Crippen LogP contribution in [-0.2, 0) is 21.3 Å². The molecule has 1 aromatic carbocycles. The molecule has 0 unspecified atom stereocenters. The molecule has 1 saturated heterocycles. The third-order valence-corrected chi connectivity index (χ3v) is 7.82. The number of hydrogen-bond acceptors (Lipinski definition) is 8. The van der Waals surface area contributed by atoms with Crippen LogP contribution in [0.4, 0.5) is 0 Å². The summed E-state index contributed by atoms with van der Waals surface area (Å²) in [4.78, 5) is 34.0. The van der Waals surface area contributed by atoms with E-state index >= 15 is 0 Å². The molecule has 1 aliphatic heterocycles. The number of fused-ring (bicyclic) bond motifs is 1. The number of aryl methyl sites for hydroxylation is 1. The lowest BCUT2D eigenvalue weighted by atomic mass is 10.2. The van der Waals surface area contributed by atoms with Crippen LogP contribution in [0, 0.1) is 6.92 Å². The molecule has 0 saturated carbocycles. The minimum Gasteiger partial charge on any atom is -0.462 e. The number of piperazine rings is 1. The van der Waals surface area contributed by atoms with E-state index in [9.17, 15) is 18.0 Å². The van der Waals surface area contributed by atoms with Crippen LogP contribution in [0.2, 0.25) is 5.02 Å². The summed E-state index contributed by atoms with van der Waals surface area (Å²) in [6, 6.07) is 6.35. The first-order valence-electron chi connectivity index (χ1n) is 10.4. The monoisotopic (exact) mass is 494 g/mol. The number of nitrogens with one attached hydrogen (secondary N) is 1. The van der Waals surface area contributed by atoms with E-state index in [1.54, 1.807) is 32.0 Å². The number of halogens is 1. The van der Waals surface area contributed by atoms with Gasteiger partial charge in [-0.05, 0) is 26.0 Å². The highest BCUT2D eigenvalue weighted by atomic mass is 35.5. The third kappa shape index (κ3) is 4.54. The van der Waals surface area contributed by atoms with Gasteiger partial charge >= 0.3 is 5.97 Å². The summed E-state index contributed by atoms with van der Waals surface area (Å²) in [5.41, 5.74) is -0.352. The van der Waals surface area contributed by atoms with Crippen molar-refractivity contribution in [1.82, 2.24) is 19.2 Å². The lowest BCUT2D eigenvalue weighted by Gasteiger charge is -2.33. The van der Waals surface area contributed by atoms with Crippen LogP contribution in [-0.4, -0.2) is 66.3 Å². The summed E-state index contributed by atoms with van der Waals surface area (Å²) in [6.45, 7) is 5.14. The van der Waals surface area contributed by atoms with E-state index in [4.69, 9.17) is 20.8 Å². The molecule has 0 aliphatic carbocycles. The number of ether oxygens (including phenoxy) is 1. The molecular weight excluding hydrogens is 472 g/mol. The Kier molecular flexibility index (Phi) is 6.57. The number of benzene rings is 1. The van der Waals surface area contributed by atoms with Gasteiger partial charge in [0.25, 0.3) is 5.56 Å². The van der Waals surface area contributed by atoms with E-state index in [1.807, 2.05) is 4.90 Å². The summed E-state index contributed by atoms with van der Waals surface area (Å²) >= 11 is 6.08. The van der Waals surface area contributed by atoms with E-state index in [0.29, 0.717) is 25.5 Å². The summed E-state index contributed by atoms with van der Waals surface area (Å²) < 4.78 is 37.8. The van der Waals surface area contributed by atoms with E-state index in [1.165, 1.54) is 10.4 Å². The van der Waals surface area contributed by atoms with Crippen LogP contribution < -0.4 is 5.56 Å². The van der Waals surface area contributed by atoms with Crippen molar-refractivity contribution in [1.29, 1.82) is 0 Å². The standard InChI is InChI=1S/C21H23ClN4O6S/c1-3-31-21(28)17-13(2)32-20-18(17)19(27)23-16(24-20)12-25-8-10-26(11-9-25)33(29,30)15-7-5-4-6-14(15)22/h4-7H,3,8-12H2,1-2H3,(H,23,24,27). The van der Waals surface area contributed by atoms with Gasteiger partial charge in [0.2, 0.25) is 15.7 Å². The van der Waals surface area contributed by atoms with Crippen molar-refractivity contribution < 1.29 is 22.4 Å². The number of carbonyl (C=O) groups is 1. The van der Waals surface area contributed by atoms with Gasteiger partial charge in [-0.2, -0.15) is 9.29 Å². The summed E-state index contributed by atoms with van der Waals surface area (Å²) in [6.07, 6.45) is 0. The predicted molar refractivity (Wildman–Crippen MR) is 121 cm³/mol. The molecule has 176 valence electrons. The Balaban J connectivity index is 1.49. The molecule has 10 nitrogen and oxygen atoms in total. The molecule has 0 spiro atoms. The van der Waals surface area contributed by atoms with Gasteiger partial charge in [-0.3, -0.25) is 9.69 Å². The molecule has 2 aromatic heterocycles. The average molecular weight is 495 g/mol. The average Bonchev–Trinajstić information content (AvgIpc) is 3.11. The fourth-order valence-electron chi connectivity index (χ4n) is 3.82. The zero-order valence-electron chi connectivity index (χ0n) is 18.1. The smallest absolute Gasteiger partial charge is 0.342 e. The maximum atomic E-state index is 12.9. The normalized spacial score (nSPS) is 15.7. The first-order chi connectivity index (χ1) is 15.7. The molecule has 0 radical (unpaired) electrons. The van der Waals surface area contributed by atoms with Crippen LogP contribution >= 0.6 is 11.6 Å². The van der Waals surface area contributed by atoms with Crippen molar-refractivity contribution in [2.75, 3.05) is 32.8 Å². The van der Waals surface area contributed by atoms with E-state index in [0.717, 1.165) is 0 Å². The van der Waals surface area contributed by atoms with E-state index in [-0.39, 0.29) is 52.0 Å². The molecule has 3 aromatic rings. The largest absolute Gasteiger partial charge is 0.462 e. The van der Waals surface area contributed by atoms with Crippen molar-refractivity contribution in [3.8, 4) is 0 Å². The van der Waals surface area contributed by atoms with Gasteiger partial charge in [0.1, 0.15) is 27.4 Å². The number of aromatic nitrogens is 2. The summed E-state index contributed by atoms with van der Waals surface area (Å²) in [5.74, 6) is -0.0132. The molecule has 33 heavy (non-hydrogen) atoms. The number of nitrogens with zero attached hydrogens (tertiary/aromatic N) is 3. The number of carbonyl (C=O) groups excluding carboxylic acids is 1. The van der Waals surface area contributed by atoms with Crippen LogP contribution in [0.1, 0.15) is 28.9 Å². The Morgan fingerprint density at radius 1 is 1.24 bits per heavy atom. The number of esters is 1. The molecule has 1 fully saturated rings. The van der Waals surface area contributed by atoms with Crippen LogP contribution in [0.3, 0.4) is 0 Å². The Morgan fingerprint density at radius 3 is 2.61 bits per heavy atom. The van der Waals surface area contributed by atoms with Crippen molar-refractivity contribution in [3.63, 3.8) is 0 Å². The second-order valence-corrected chi connectivity index (χ2v) is 9.87. The first-order valence-corrected chi connectivity index (χ1v) is 12.2. The molecule has 12 heteroatoms. The fraction of sp³-hybridized carbons (Fsp3) is 0.381. The van der Waals surface area contributed by atoms with Gasteiger partial charge in [0.05, 0.1) is 18.2 Å². The minimum absolute atomic E-state index is 0.0605. The van der Waals surface area contributed by atoms with Crippen LogP contribution in [0.25, 0.3) is 11.1 Å². The lowest BCUT2D eigenvalue weighted by molar-refractivity contribution is 0.0526. The molecule has 0 amide bonds. The predicted octanol–water partition coefficient (Wildman–Crippen LogP) is 2.16. The molecule has 4 rings (SSSR count). The van der Waals surface area contributed by atoms with Gasteiger partial charge in [-0.15, -0.1) is 0 Å². The topological polar surface area (TPSA) is 126 Å². The first kappa shape index (κ1) is 23.4. The van der Waals surface area contributed by atoms with Crippen molar-refractivity contribution in [2.24, 2.45) is 0 Å². The van der Waals surface area contributed by atoms with Crippen molar-refractivity contribution >= 4 is 38.7 Å². The maximum Gasteiger partial charge on any atom is 0.342 e. The highest BCUT2D eigenvalue weighted by Crippen LogP contribution is 2.25. The van der Waals surface area contributed by atoms with Gasteiger partial charge < -0.3 is 14.1 Å². The zero-order chi connectivity index (χ0) is 23.8. The van der Waals surface area contributed by atoms with Crippen molar-refractivity contribution in [3.05, 3.63) is 56.8 Å². The molecule has 1 aliphatic rings. The Labute approximate surface area is 195 Å². The molecular formula is C21H23ClN4O6S. The molecule has 0 bridgehead atoms. The number of furan rings is 1.